The van der Waals surface area contributed by atoms with Crippen molar-refractivity contribution in [1.82, 2.24) is 19.4 Å². The third-order valence-electron chi connectivity index (χ3n) is 7.65. The summed E-state index contributed by atoms with van der Waals surface area (Å²) in [6, 6.07) is 4.18. The summed E-state index contributed by atoms with van der Waals surface area (Å²) in [6.45, 7) is 1.65. The molecule has 11 heteroatoms. The van der Waals surface area contributed by atoms with Crippen molar-refractivity contribution in [3.63, 3.8) is 0 Å². The average Bonchev–Trinajstić information content (AvgIpc) is 3.66. The molecule has 3 fully saturated rings. The minimum Gasteiger partial charge on any atom is -0.396 e. The van der Waals surface area contributed by atoms with Gasteiger partial charge < -0.3 is 20.1 Å². The van der Waals surface area contributed by atoms with Gasteiger partial charge in [0.25, 0.3) is 12.3 Å². The molecule has 3 aliphatic rings. The zero-order valence-electron chi connectivity index (χ0n) is 19.2. The first kappa shape index (κ1) is 22.4. The zero-order valence-corrected chi connectivity index (χ0v) is 19.2. The highest BCUT2D eigenvalue weighted by Gasteiger charge is 2.39. The van der Waals surface area contributed by atoms with Gasteiger partial charge >= 0.3 is 0 Å². The lowest BCUT2D eigenvalue weighted by Gasteiger charge is -2.29. The molecule has 0 radical (unpaired) electrons. The summed E-state index contributed by atoms with van der Waals surface area (Å²) in [5, 5.41) is 20.4. The van der Waals surface area contributed by atoms with Crippen LogP contribution in [0.15, 0.2) is 30.7 Å². The van der Waals surface area contributed by atoms with Gasteiger partial charge in [-0.25, -0.2) is 13.3 Å². The predicted octanol–water partition coefficient (Wildman–Crippen LogP) is 3.42. The number of anilines is 2. The second-order valence-corrected chi connectivity index (χ2v) is 9.79. The Morgan fingerprint density at radius 1 is 1.26 bits per heavy atom. The highest BCUT2D eigenvalue weighted by atomic mass is 19.3. The fraction of sp³-hybridized carbons (Fsp3) is 0.542. The van der Waals surface area contributed by atoms with E-state index in [2.05, 4.69) is 20.4 Å². The molecule has 3 aromatic rings. The molecule has 1 amide bonds. The number of pyridine rings is 1. The first-order valence-electron chi connectivity index (χ1n) is 12.1. The summed E-state index contributed by atoms with van der Waals surface area (Å²) < 4.78 is 36.4. The van der Waals surface area contributed by atoms with Crippen molar-refractivity contribution >= 4 is 22.8 Å². The van der Waals surface area contributed by atoms with Gasteiger partial charge in [0.05, 0.1) is 47.8 Å². The van der Waals surface area contributed by atoms with Crippen LogP contribution in [0.5, 0.6) is 0 Å². The topological polar surface area (TPSA) is 96.9 Å². The van der Waals surface area contributed by atoms with E-state index in [0.29, 0.717) is 23.7 Å². The summed E-state index contributed by atoms with van der Waals surface area (Å²) in [5.74, 6) is -0.256. The van der Waals surface area contributed by atoms with Crippen molar-refractivity contribution in [1.29, 1.82) is 0 Å². The normalized spacial score (nSPS) is 26.2. The third kappa shape index (κ3) is 4.06. The Morgan fingerprint density at radius 3 is 2.77 bits per heavy atom. The molecule has 35 heavy (non-hydrogen) atoms. The number of carbonyl (C=O) groups is 1. The zero-order chi connectivity index (χ0) is 24.1. The van der Waals surface area contributed by atoms with Gasteiger partial charge in [0, 0.05) is 31.2 Å². The lowest BCUT2D eigenvalue weighted by molar-refractivity contribution is 0.0991. The van der Waals surface area contributed by atoms with Crippen LogP contribution in [-0.2, 0) is 4.74 Å². The third-order valence-corrected chi connectivity index (χ3v) is 7.65. The SMILES string of the molecule is O=C(Nc1cn(C2CCC(CO)CC2)nc1C(F)F)c1cnn2ccc(N3C[C@H]4C[C@@H]3CO4)cc12. The van der Waals surface area contributed by atoms with Crippen LogP contribution in [0, 0.1) is 5.92 Å². The predicted molar refractivity (Wildman–Crippen MR) is 124 cm³/mol. The Labute approximate surface area is 200 Å². The van der Waals surface area contributed by atoms with Crippen LogP contribution >= 0.6 is 0 Å². The van der Waals surface area contributed by atoms with Crippen molar-refractivity contribution in [3.8, 4) is 0 Å². The number of fused-ring (bicyclic) bond motifs is 3. The number of carbonyl (C=O) groups excluding carboxylic acids is 1. The van der Waals surface area contributed by atoms with E-state index in [1.165, 1.54) is 12.4 Å². The van der Waals surface area contributed by atoms with Gasteiger partial charge in [-0.05, 0) is 50.2 Å². The molecule has 2 saturated heterocycles. The second kappa shape index (κ2) is 8.87. The largest absolute Gasteiger partial charge is 0.396 e. The number of aliphatic hydroxyl groups is 1. The molecule has 6 rings (SSSR count). The first-order chi connectivity index (χ1) is 17.0. The molecule has 3 aromatic heterocycles. The maximum atomic E-state index is 13.8. The molecule has 2 N–H and O–H groups in total. The summed E-state index contributed by atoms with van der Waals surface area (Å²) >= 11 is 0. The highest BCUT2D eigenvalue weighted by Crippen LogP contribution is 2.36. The highest BCUT2D eigenvalue weighted by molar-refractivity contribution is 6.09. The van der Waals surface area contributed by atoms with E-state index in [4.69, 9.17) is 4.74 Å². The lowest BCUT2D eigenvalue weighted by Crippen LogP contribution is -2.36. The van der Waals surface area contributed by atoms with Crippen LogP contribution in [-0.4, -0.2) is 62.3 Å². The van der Waals surface area contributed by atoms with Gasteiger partial charge in [-0.2, -0.15) is 10.2 Å². The number of nitrogens with one attached hydrogen (secondary N) is 1. The summed E-state index contributed by atoms with van der Waals surface area (Å²) in [4.78, 5) is 15.5. The Hall–Kier alpha value is -3.05. The Kier molecular flexibility index (Phi) is 5.68. The quantitative estimate of drug-likeness (QED) is 0.554. The van der Waals surface area contributed by atoms with Crippen LogP contribution in [0.25, 0.3) is 5.52 Å². The monoisotopic (exact) mass is 486 g/mol. The van der Waals surface area contributed by atoms with Gasteiger partial charge in [-0.3, -0.25) is 9.48 Å². The fourth-order valence-corrected chi connectivity index (χ4v) is 5.67. The van der Waals surface area contributed by atoms with Crippen LogP contribution in [0.3, 0.4) is 0 Å². The van der Waals surface area contributed by atoms with Crippen molar-refractivity contribution in [2.24, 2.45) is 5.92 Å². The van der Waals surface area contributed by atoms with Crippen molar-refractivity contribution in [2.45, 2.75) is 56.7 Å². The van der Waals surface area contributed by atoms with Crippen molar-refractivity contribution < 1.29 is 23.4 Å². The van der Waals surface area contributed by atoms with E-state index in [1.54, 1.807) is 15.4 Å². The molecule has 186 valence electrons. The van der Waals surface area contributed by atoms with E-state index in [-0.39, 0.29) is 30.4 Å². The summed E-state index contributed by atoms with van der Waals surface area (Å²) in [6.07, 6.45) is 6.34. The van der Waals surface area contributed by atoms with Gasteiger partial charge in [-0.15, -0.1) is 0 Å². The molecule has 9 nitrogen and oxygen atoms in total. The minimum absolute atomic E-state index is 0.0128. The molecule has 1 saturated carbocycles. The molecule has 2 bridgehead atoms. The standard InChI is InChI=1S/C24H28F2N6O3/c25-23(26)22-20(11-32(29-22)15-3-1-14(12-33)2-4-15)28-24(34)19-9-27-31-6-5-16(8-21(19)31)30-10-18-7-17(30)13-35-18/h5-6,8-9,11,14-15,17-18,23,33H,1-4,7,10,12-13H2,(H,28,34)/t14?,15?,17-,18-/m1/s1. The molecule has 0 aromatic carbocycles. The molecule has 0 unspecified atom stereocenters. The van der Waals surface area contributed by atoms with E-state index < -0.39 is 18.0 Å². The van der Waals surface area contributed by atoms with Gasteiger partial charge in [0.15, 0.2) is 5.69 Å². The smallest absolute Gasteiger partial charge is 0.284 e. The molecular weight excluding hydrogens is 458 g/mol. The number of alkyl halides is 2. The first-order valence-corrected chi connectivity index (χ1v) is 12.1. The van der Waals surface area contributed by atoms with Crippen molar-refractivity contribution in [2.75, 3.05) is 30.0 Å². The summed E-state index contributed by atoms with van der Waals surface area (Å²) in [5.41, 5.74) is 1.48. The van der Waals surface area contributed by atoms with Crippen LogP contribution in [0.1, 0.15) is 60.6 Å². The Bertz CT molecular complexity index is 1240. The molecule has 2 atom stereocenters. The maximum Gasteiger partial charge on any atom is 0.284 e. The van der Waals surface area contributed by atoms with E-state index >= 15 is 0 Å². The van der Waals surface area contributed by atoms with Crippen LogP contribution in [0.4, 0.5) is 20.2 Å². The van der Waals surface area contributed by atoms with Gasteiger partial charge in [0.1, 0.15) is 0 Å². The number of ether oxygens (including phenoxy) is 1. The molecule has 2 aliphatic heterocycles. The Balaban J connectivity index is 1.24. The number of aliphatic hydroxyl groups excluding tert-OH is 1. The number of rotatable bonds is 6. The molecule has 5 heterocycles. The van der Waals surface area contributed by atoms with Crippen molar-refractivity contribution in [3.05, 3.63) is 42.0 Å². The molecule has 0 spiro atoms. The molecular formula is C24H28F2N6O3. The number of hydrogen-bond donors (Lipinski definition) is 2. The van der Waals surface area contributed by atoms with Gasteiger partial charge in [0.2, 0.25) is 0 Å². The summed E-state index contributed by atoms with van der Waals surface area (Å²) in [7, 11) is 0. The van der Waals surface area contributed by atoms with E-state index in [9.17, 15) is 18.7 Å². The minimum atomic E-state index is -2.82. The second-order valence-electron chi connectivity index (χ2n) is 9.79. The maximum absolute atomic E-state index is 13.8. The number of halogens is 2. The lowest BCUT2D eigenvalue weighted by atomic mass is 9.87. The van der Waals surface area contributed by atoms with Crippen LogP contribution in [0.2, 0.25) is 0 Å². The number of aromatic nitrogens is 4. The fourth-order valence-electron chi connectivity index (χ4n) is 5.67. The average molecular weight is 487 g/mol. The van der Waals surface area contributed by atoms with E-state index in [1.807, 2.05) is 12.1 Å². The number of hydrogen-bond acceptors (Lipinski definition) is 6. The number of morpholine rings is 1. The molecule has 1 aliphatic carbocycles. The van der Waals surface area contributed by atoms with E-state index in [0.717, 1.165) is 44.3 Å². The number of nitrogens with zero attached hydrogens (tertiary/aromatic N) is 5. The Morgan fingerprint density at radius 2 is 2.09 bits per heavy atom. The van der Waals surface area contributed by atoms with Gasteiger partial charge in [-0.1, -0.05) is 0 Å². The van der Waals surface area contributed by atoms with Crippen LogP contribution < -0.4 is 10.2 Å². The number of amides is 1.